The standard InChI is InChI=1S/C20H24N6OS/c1-14-10-15(11-21)4-5-17(14)23-20-22-12-18(25(2)3)19(24-20)26(13-27)16-6-8-28-9-7-16/h4-5,10,12-13,16H,6-9H2,1-3H3,(H,22,23,24). The Labute approximate surface area is 169 Å². The molecule has 0 unspecified atom stereocenters. The smallest absolute Gasteiger partial charge is 0.229 e. The van der Waals surface area contributed by atoms with E-state index < -0.39 is 0 Å². The van der Waals surface area contributed by atoms with E-state index in [0.29, 0.717) is 17.3 Å². The molecule has 2 aromatic rings. The normalized spacial score (nSPS) is 14.2. The second kappa shape index (κ2) is 8.93. The zero-order chi connectivity index (χ0) is 20.1. The van der Waals surface area contributed by atoms with Gasteiger partial charge in [-0.05, 0) is 55.0 Å². The highest BCUT2D eigenvalue weighted by Crippen LogP contribution is 2.32. The molecule has 3 rings (SSSR count). The van der Waals surface area contributed by atoms with E-state index in [1.165, 1.54) is 0 Å². The van der Waals surface area contributed by atoms with Crippen LogP contribution in [0.1, 0.15) is 24.0 Å². The summed E-state index contributed by atoms with van der Waals surface area (Å²) in [6.07, 6.45) is 4.53. The van der Waals surface area contributed by atoms with Crippen LogP contribution in [0.25, 0.3) is 0 Å². The number of nitrogens with one attached hydrogen (secondary N) is 1. The molecule has 1 saturated heterocycles. The molecule has 0 saturated carbocycles. The lowest BCUT2D eigenvalue weighted by atomic mass is 10.1. The summed E-state index contributed by atoms with van der Waals surface area (Å²) < 4.78 is 0. The summed E-state index contributed by atoms with van der Waals surface area (Å²) in [5, 5.41) is 12.2. The first-order valence-electron chi connectivity index (χ1n) is 9.17. The van der Waals surface area contributed by atoms with E-state index in [0.717, 1.165) is 47.7 Å². The monoisotopic (exact) mass is 396 g/mol. The number of aryl methyl sites for hydroxylation is 1. The Hall–Kier alpha value is -2.79. The van der Waals surface area contributed by atoms with Gasteiger partial charge in [-0.2, -0.15) is 22.0 Å². The van der Waals surface area contributed by atoms with Crippen molar-refractivity contribution in [2.45, 2.75) is 25.8 Å². The lowest BCUT2D eigenvalue weighted by Crippen LogP contribution is -2.38. The van der Waals surface area contributed by atoms with Gasteiger partial charge in [-0.3, -0.25) is 9.69 Å². The Morgan fingerprint density at radius 2 is 2.07 bits per heavy atom. The number of thioether (sulfide) groups is 1. The summed E-state index contributed by atoms with van der Waals surface area (Å²) in [5.74, 6) is 3.13. The van der Waals surface area contributed by atoms with E-state index in [1.807, 2.05) is 49.8 Å². The number of nitrogens with zero attached hydrogens (tertiary/aromatic N) is 5. The molecule has 0 spiro atoms. The van der Waals surface area contributed by atoms with E-state index in [2.05, 4.69) is 21.4 Å². The van der Waals surface area contributed by atoms with Crippen molar-refractivity contribution in [3.05, 3.63) is 35.5 Å². The highest BCUT2D eigenvalue weighted by molar-refractivity contribution is 7.99. The molecule has 2 heterocycles. The Kier molecular flexibility index (Phi) is 6.37. The molecule has 1 aromatic heterocycles. The van der Waals surface area contributed by atoms with Crippen LogP contribution in [0.15, 0.2) is 24.4 Å². The first kappa shape index (κ1) is 20.0. The van der Waals surface area contributed by atoms with Gasteiger partial charge in [0.05, 0.1) is 23.5 Å². The maximum absolute atomic E-state index is 12.0. The molecular weight excluding hydrogens is 372 g/mol. The predicted octanol–water partition coefficient (Wildman–Crippen LogP) is 3.32. The summed E-state index contributed by atoms with van der Waals surface area (Å²) in [7, 11) is 3.83. The molecule has 8 heteroatoms. The third-order valence-electron chi connectivity index (χ3n) is 4.78. The van der Waals surface area contributed by atoms with Gasteiger partial charge < -0.3 is 10.2 Å². The zero-order valence-corrected chi connectivity index (χ0v) is 17.2. The summed E-state index contributed by atoms with van der Waals surface area (Å²) in [4.78, 5) is 24.7. The maximum atomic E-state index is 12.0. The Morgan fingerprint density at radius 3 is 2.68 bits per heavy atom. The number of aromatic nitrogens is 2. The second-order valence-electron chi connectivity index (χ2n) is 6.92. The summed E-state index contributed by atoms with van der Waals surface area (Å²) in [5.41, 5.74) is 3.16. The SMILES string of the molecule is Cc1cc(C#N)ccc1Nc1ncc(N(C)C)c(N(C=O)C2CCSCC2)n1. The summed E-state index contributed by atoms with van der Waals surface area (Å²) >= 11 is 1.92. The number of rotatable bonds is 6. The number of anilines is 4. The minimum Gasteiger partial charge on any atom is -0.373 e. The second-order valence-corrected chi connectivity index (χ2v) is 8.14. The van der Waals surface area contributed by atoms with Crippen molar-refractivity contribution < 1.29 is 4.79 Å². The van der Waals surface area contributed by atoms with Gasteiger partial charge in [0.2, 0.25) is 12.4 Å². The number of carbonyl (C=O) groups excluding carboxylic acids is 1. The molecule has 0 aliphatic carbocycles. The number of hydrogen-bond acceptors (Lipinski definition) is 7. The van der Waals surface area contributed by atoms with Crippen molar-refractivity contribution in [3.8, 4) is 6.07 Å². The summed E-state index contributed by atoms with van der Waals surface area (Å²) in [6, 6.07) is 7.69. The third kappa shape index (κ3) is 4.37. The van der Waals surface area contributed by atoms with E-state index in [4.69, 9.17) is 5.26 Å². The van der Waals surface area contributed by atoms with Gasteiger partial charge in [0, 0.05) is 25.8 Å². The zero-order valence-electron chi connectivity index (χ0n) is 16.3. The van der Waals surface area contributed by atoms with Gasteiger partial charge in [0.25, 0.3) is 0 Å². The fourth-order valence-corrected chi connectivity index (χ4v) is 4.28. The summed E-state index contributed by atoms with van der Waals surface area (Å²) in [6.45, 7) is 1.93. The predicted molar refractivity (Wildman–Crippen MR) is 114 cm³/mol. The first-order valence-corrected chi connectivity index (χ1v) is 10.3. The molecule has 0 bridgehead atoms. The van der Waals surface area contributed by atoms with Crippen molar-refractivity contribution in [1.29, 1.82) is 5.26 Å². The maximum Gasteiger partial charge on any atom is 0.229 e. The van der Waals surface area contributed by atoms with Gasteiger partial charge in [0.15, 0.2) is 5.82 Å². The van der Waals surface area contributed by atoms with Gasteiger partial charge in [0.1, 0.15) is 0 Å². The lowest BCUT2D eigenvalue weighted by Gasteiger charge is -2.32. The van der Waals surface area contributed by atoms with E-state index >= 15 is 0 Å². The number of nitriles is 1. The fourth-order valence-electron chi connectivity index (χ4n) is 3.20. The first-order chi connectivity index (χ1) is 13.5. The molecule has 1 N–H and O–H groups in total. The van der Waals surface area contributed by atoms with Crippen LogP contribution in [-0.4, -0.2) is 48.0 Å². The van der Waals surface area contributed by atoms with Crippen LogP contribution in [0.5, 0.6) is 0 Å². The fraction of sp³-hybridized carbons (Fsp3) is 0.400. The molecule has 7 nitrogen and oxygen atoms in total. The number of amides is 1. The highest BCUT2D eigenvalue weighted by Gasteiger charge is 2.25. The number of hydrogen-bond donors (Lipinski definition) is 1. The minimum absolute atomic E-state index is 0.150. The van der Waals surface area contributed by atoms with Crippen LogP contribution in [-0.2, 0) is 4.79 Å². The van der Waals surface area contributed by atoms with Crippen LogP contribution in [0, 0.1) is 18.3 Å². The molecule has 146 valence electrons. The van der Waals surface area contributed by atoms with Gasteiger partial charge >= 0.3 is 0 Å². The van der Waals surface area contributed by atoms with Crippen LogP contribution < -0.4 is 15.1 Å². The highest BCUT2D eigenvalue weighted by atomic mass is 32.2. The molecule has 0 atom stereocenters. The number of benzene rings is 1. The van der Waals surface area contributed by atoms with Crippen molar-refractivity contribution in [2.75, 3.05) is 40.7 Å². The molecule has 1 aromatic carbocycles. The molecule has 1 aliphatic rings. The van der Waals surface area contributed by atoms with Gasteiger partial charge in [-0.15, -0.1) is 0 Å². The topological polar surface area (TPSA) is 85.2 Å². The van der Waals surface area contributed by atoms with Crippen LogP contribution in [0.3, 0.4) is 0 Å². The molecule has 1 aliphatic heterocycles. The van der Waals surface area contributed by atoms with Crippen LogP contribution in [0.2, 0.25) is 0 Å². The van der Waals surface area contributed by atoms with E-state index in [1.54, 1.807) is 17.2 Å². The van der Waals surface area contributed by atoms with E-state index in [9.17, 15) is 4.79 Å². The largest absolute Gasteiger partial charge is 0.373 e. The minimum atomic E-state index is 0.150. The van der Waals surface area contributed by atoms with Crippen molar-refractivity contribution >= 4 is 41.3 Å². The van der Waals surface area contributed by atoms with Crippen molar-refractivity contribution in [2.24, 2.45) is 0 Å². The van der Waals surface area contributed by atoms with E-state index in [-0.39, 0.29) is 6.04 Å². The average Bonchev–Trinajstić information content (AvgIpc) is 2.71. The molecule has 0 radical (unpaired) electrons. The Bertz CT molecular complexity index is 889. The van der Waals surface area contributed by atoms with Crippen LogP contribution in [0.4, 0.5) is 23.1 Å². The van der Waals surface area contributed by atoms with Crippen LogP contribution >= 0.6 is 11.8 Å². The quantitative estimate of drug-likeness (QED) is 0.750. The lowest BCUT2D eigenvalue weighted by molar-refractivity contribution is -0.107. The van der Waals surface area contributed by atoms with Crippen molar-refractivity contribution in [3.63, 3.8) is 0 Å². The average molecular weight is 397 g/mol. The van der Waals surface area contributed by atoms with Gasteiger partial charge in [-0.25, -0.2) is 4.98 Å². The third-order valence-corrected chi connectivity index (χ3v) is 5.82. The molecular formula is C20H24N6OS. The van der Waals surface area contributed by atoms with Crippen molar-refractivity contribution in [1.82, 2.24) is 9.97 Å². The molecule has 28 heavy (non-hydrogen) atoms. The molecule has 1 amide bonds. The Balaban J connectivity index is 1.95. The van der Waals surface area contributed by atoms with Gasteiger partial charge in [-0.1, -0.05) is 0 Å². The molecule has 1 fully saturated rings. The number of carbonyl (C=O) groups is 1. The Morgan fingerprint density at radius 1 is 1.32 bits per heavy atom.